The van der Waals surface area contributed by atoms with Crippen molar-refractivity contribution in [2.75, 3.05) is 7.11 Å². The van der Waals surface area contributed by atoms with E-state index in [0.717, 1.165) is 28.1 Å². The number of benzene rings is 1. The molecule has 0 atom stereocenters. The quantitative estimate of drug-likeness (QED) is 0.803. The number of rotatable bonds is 3. The lowest BCUT2D eigenvalue weighted by atomic mass is 10.1. The third-order valence-electron chi connectivity index (χ3n) is 3.72. The Bertz CT molecular complexity index is 844. The number of nitrogens with one attached hydrogen (secondary N) is 1. The van der Waals surface area contributed by atoms with Crippen molar-refractivity contribution in [2.24, 2.45) is 0 Å². The van der Waals surface area contributed by atoms with E-state index in [1.54, 1.807) is 7.11 Å². The van der Waals surface area contributed by atoms with E-state index in [2.05, 4.69) is 10.1 Å². The highest BCUT2D eigenvalue weighted by Gasteiger charge is 2.13. The number of aromatic amines is 1. The number of ether oxygens (including phenoxy) is 1. The Morgan fingerprint density at radius 2 is 2.00 bits per heavy atom. The number of aryl methyl sites for hydroxylation is 1. The second kappa shape index (κ2) is 5.09. The van der Waals surface area contributed by atoms with Gasteiger partial charge in [-0.2, -0.15) is 0 Å². The summed E-state index contributed by atoms with van der Waals surface area (Å²) in [5, 5.41) is 3.00. The summed E-state index contributed by atoms with van der Waals surface area (Å²) in [6.45, 7) is 3.84. The van der Waals surface area contributed by atoms with Crippen molar-refractivity contribution in [1.29, 1.82) is 0 Å². The van der Waals surface area contributed by atoms with Gasteiger partial charge in [0.05, 0.1) is 7.11 Å². The summed E-state index contributed by atoms with van der Waals surface area (Å²) in [4.78, 5) is 17.0. The number of methoxy groups -OCH3 is 1. The van der Waals surface area contributed by atoms with Crippen molar-refractivity contribution in [3.05, 3.63) is 52.1 Å². The molecule has 0 unspecified atom stereocenters. The standard InChI is InChI=1S/C16H17N3O2/c1-4-13-10(2)18-15-14(9-17-19(15)16(13)20)11-5-7-12(21-3)8-6-11/h5-9,17H,4H2,1-3H3. The van der Waals surface area contributed by atoms with Crippen molar-refractivity contribution >= 4 is 5.65 Å². The molecule has 0 amide bonds. The SMILES string of the molecule is CCc1c(C)nc2c(-c3ccc(OC)cc3)c[nH]n2c1=O. The van der Waals surface area contributed by atoms with Crippen LogP contribution in [-0.4, -0.2) is 21.7 Å². The number of aromatic nitrogens is 3. The molecule has 5 nitrogen and oxygen atoms in total. The first-order valence-electron chi connectivity index (χ1n) is 6.89. The van der Waals surface area contributed by atoms with Gasteiger partial charge < -0.3 is 4.74 Å². The number of H-pyrrole nitrogens is 1. The van der Waals surface area contributed by atoms with Crippen molar-refractivity contribution < 1.29 is 4.74 Å². The molecule has 0 saturated heterocycles. The number of hydrogen-bond donors (Lipinski definition) is 1. The van der Waals surface area contributed by atoms with Gasteiger partial charge in [0.2, 0.25) is 0 Å². The average molecular weight is 283 g/mol. The van der Waals surface area contributed by atoms with Crippen LogP contribution < -0.4 is 10.3 Å². The second-order valence-electron chi connectivity index (χ2n) is 4.91. The van der Waals surface area contributed by atoms with Crippen LogP contribution in [0.25, 0.3) is 16.8 Å². The van der Waals surface area contributed by atoms with Crippen LogP contribution in [0.2, 0.25) is 0 Å². The molecule has 3 rings (SSSR count). The lowest BCUT2D eigenvalue weighted by Crippen LogP contribution is -2.21. The predicted octanol–water partition coefficient (Wildman–Crippen LogP) is 2.57. The highest BCUT2D eigenvalue weighted by molar-refractivity contribution is 5.77. The zero-order chi connectivity index (χ0) is 15.0. The number of hydrogen-bond acceptors (Lipinski definition) is 3. The third kappa shape index (κ3) is 2.11. The summed E-state index contributed by atoms with van der Waals surface area (Å²) >= 11 is 0. The minimum Gasteiger partial charge on any atom is -0.497 e. The van der Waals surface area contributed by atoms with Crippen molar-refractivity contribution in [3.63, 3.8) is 0 Å². The van der Waals surface area contributed by atoms with E-state index < -0.39 is 0 Å². The molecular weight excluding hydrogens is 266 g/mol. The van der Waals surface area contributed by atoms with Gasteiger partial charge in [0.25, 0.3) is 5.56 Å². The van der Waals surface area contributed by atoms with Crippen LogP contribution in [0.3, 0.4) is 0 Å². The van der Waals surface area contributed by atoms with Crippen molar-refractivity contribution in [3.8, 4) is 16.9 Å². The van der Waals surface area contributed by atoms with E-state index in [1.165, 1.54) is 4.52 Å². The molecule has 21 heavy (non-hydrogen) atoms. The third-order valence-corrected chi connectivity index (χ3v) is 3.72. The fourth-order valence-corrected chi connectivity index (χ4v) is 2.55. The number of fused-ring (bicyclic) bond motifs is 1. The van der Waals surface area contributed by atoms with Crippen LogP contribution in [0.1, 0.15) is 18.2 Å². The van der Waals surface area contributed by atoms with Crippen molar-refractivity contribution in [2.45, 2.75) is 20.3 Å². The molecule has 0 aliphatic rings. The molecule has 1 aromatic carbocycles. The van der Waals surface area contributed by atoms with Gasteiger partial charge in [0.15, 0.2) is 5.65 Å². The van der Waals surface area contributed by atoms with E-state index >= 15 is 0 Å². The molecule has 0 spiro atoms. The molecule has 1 N–H and O–H groups in total. The van der Waals surface area contributed by atoms with Crippen LogP contribution in [0.4, 0.5) is 0 Å². The Balaban J connectivity index is 2.22. The van der Waals surface area contributed by atoms with Crippen LogP contribution in [0.15, 0.2) is 35.3 Å². The van der Waals surface area contributed by atoms with Gasteiger partial charge in [0, 0.05) is 23.0 Å². The summed E-state index contributed by atoms with van der Waals surface area (Å²) in [5.74, 6) is 0.799. The molecule has 3 aromatic rings. The molecule has 2 heterocycles. The average Bonchev–Trinajstić information content (AvgIpc) is 2.91. The summed E-state index contributed by atoms with van der Waals surface area (Å²) < 4.78 is 6.67. The Kier molecular flexibility index (Phi) is 3.25. The predicted molar refractivity (Wildman–Crippen MR) is 81.9 cm³/mol. The monoisotopic (exact) mass is 283 g/mol. The summed E-state index contributed by atoms with van der Waals surface area (Å²) in [6.07, 6.45) is 2.49. The topological polar surface area (TPSA) is 59.4 Å². The second-order valence-corrected chi connectivity index (χ2v) is 4.91. The first-order valence-corrected chi connectivity index (χ1v) is 6.89. The highest BCUT2D eigenvalue weighted by Crippen LogP contribution is 2.25. The fraction of sp³-hybridized carbons (Fsp3) is 0.250. The van der Waals surface area contributed by atoms with Gasteiger partial charge in [0.1, 0.15) is 5.75 Å². The molecule has 0 aliphatic carbocycles. The molecule has 0 fully saturated rings. The minimum atomic E-state index is -0.0280. The molecule has 2 aromatic heterocycles. The summed E-state index contributed by atoms with van der Waals surface area (Å²) in [7, 11) is 1.64. The molecule has 108 valence electrons. The summed E-state index contributed by atoms with van der Waals surface area (Å²) in [5.41, 5.74) is 4.05. The Labute approximate surface area is 122 Å². The van der Waals surface area contributed by atoms with E-state index in [4.69, 9.17) is 4.74 Å². The van der Waals surface area contributed by atoms with Gasteiger partial charge >= 0.3 is 0 Å². The fourth-order valence-electron chi connectivity index (χ4n) is 2.55. The van der Waals surface area contributed by atoms with Gasteiger partial charge in [-0.3, -0.25) is 9.89 Å². The highest BCUT2D eigenvalue weighted by atomic mass is 16.5. The zero-order valence-electron chi connectivity index (χ0n) is 12.3. The van der Waals surface area contributed by atoms with Gasteiger partial charge in [-0.1, -0.05) is 19.1 Å². The van der Waals surface area contributed by atoms with E-state index in [9.17, 15) is 4.79 Å². The lowest BCUT2D eigenvalue weighted by molar-refractivity contribution is 0.415. The number of nitrogens with zero attached hydrogens (tertiary/aromatic N) is 2. The van der Waals surface area contributed by atoms with Gasteiger partial charge in [-0.05, 0) is 31.0 Å². The normalized spacial score (nSPS) is 11.0. The van der Waals surface area contributed by atoms with Gasteiger partial charge in [-0.25, -0.2) is 9.50 Å². The molecule has 0 radical (unpaired) electrons. The first kappa shape index (κ1) is 13.4. The van der Waals surface area contributed by atoms with Crippen LogP contribution in [-0.2, 0) is 6.42 Å². The smallest absolute Gasteiger partial charge is 0.276 e. The molecule has 0 saturated carbocycles. The van der Waals surface area contributed by atoms with Crippen LogP contribution in [0, 0.1) is 6.92 Å². The Morgan fingerprint density at radius 3 is 2.62 bits per heavy atom. The minimum absolute atomic E-state index is 0.0280. The van der Waals surface area contributed by atoms with Crippen LogP contribution in [0.5, 0.6) is 5.75 Å². The zero-order valence-corrected chi connectivity index (χ0v) is 12.3. The maximum atomic E-state index is 12.4. The Hall–Kier alpha value is -2.56. The molecule has 5 heteroatoms. The first-order chi connectivity index (χ1) is 10.2. The maximum absolute atomic E-state index is 12.4. The molecule has 0 bridgehead atoms. The van der Waals surface area contributed by atoms with Gasteiger partial charge in [-0.15, -0.1) is 0 Å². The van der Waals surface area contributed by atoms with Crippen LogP contribution >= 0.6 is 0 Å². The van der Waals surface area contributed by atoms with E-state index in [1.807, 2.05) is 44.3 Å². The van der Waals surface area contributed by atoms with E-state index in [-0.39, 0.29) is 5.56 Å². The molecular formula is C16H17N3O2. The Morgan fingerprint density at radius 1 is 1.29 bits per heavy atom. The lowest BCUT2D eigenvalue weighted by Gasteiger charge is -2.05. The molecule has 0 aliphatic heterocycles. The summed E-state index contributed by atoms with van der Waals surface area (Å²) in [6, 6.07) is 7.70. The van der Waals surface area contributed by atoms with Crippen molar-refractivity contribution in [1.82, 2.24) is 14.6 Å². The maximum Gasteiger partial charge on any atom is 0.276 e. The van der Waals surface area contributed by atoms with E-state index in [0.29, 0.717) is 12.1 Å². The largest absolute Gasteiger partial charge is 0.497 e.